The van der Waals surface area contributed by atoms with Crippen molar-refractivity contribution in [1.29, 1.82) is 0 Å². The first kappa shape index (κ1) is 14.7. The van der Waals surface area contributed by atoms with Gasteiger partial charge in [0.05, 0.1) is 13.0 Å². The molecule has 1 aliphatic carbocycles. The van der Waals surface area contributed by atoms with E-state index in [9.17, 15) is 4.79 Å². The lowest BCUT2D eigenvalue weighted by molar-refractivity contribution is -0.142. The summed E-state index contributed by atoms with van der Waals surface area (Å²) in [5, 5.41) is 12.6. The number of aliphatic carboxylic acids is 1. The predicted molar refractivity (Wildman–Crippen MR) is 79.5 cm³/mol. The number of ether oxygens (including phenoxy) is 1. The van der Waals surface area contributed by atoms with Gasteiger partial charge in [0.2, 0.25) is 0 Å². The maximum Gasteiger partial charge on any atom is 0.306 e. The van der Waals surface area contributed by atoms with Crippen molar-refractivity contribution >= 4 is 11.7 Å². The second-order valence-corrected chi connectivity index (χ2v) is 5.62. The third-order valence-electron chi connectivity index (χ3n) is 4.24. The highest BCUT2D eigenvalue weighted by molar-refractivity contribution is 5.70. The topological polar surface area (TPSA) is 58.6 Å². The van der Waals surface area contributed by atoms with Crippen LogP contribution in [0, 0.1) is 19.8 Å². The molecule has 0 aromatic heterocycles. The Morgan fingerprint density at radius 3 is 2.45 bits per heavy atom. The molecule has 0 unspecified atom stereocenters. The number of rotatable bonds is 4. The lowest BCUT2D eigenvalue weighted by atomic mass is 9.86. The van der Waals surface area contributed by atoms with Gasteiger partial charge in [0.25, 0.3) is 0 Å². The van der Waals surface area contributed by atoms with Gasteiger partial charge in [0.1, 0.15) is 5.75 Å². The predicted octanol–water partition coefficient (Wildman–Crippen LogP) is 3.37. The van der Waals surface area contributed by atoms with Crippen molar-refractivity contribution < 1.29 is 14.6 Å². The fourth-order valence-electron chi connectivity index (χ4n) is 3.00. The molecule has 0 bridgehead atoms. The monoisotopic (exact) mass is 277 g/mol. The second kappa shape index (κ2) is 6.16. The SMILES string of the molecule is COc1c(C)ccc(NC2CCC(C(=O)O)CC2)c1C. The van der Waals surface area contributed by atoms with Crippen LogP contribution in [0.3, 0.4) is 0 Å². The van der Waals surface area contributed by atoms with E-state index >= 15 is 0 Å². The highest BCUT2D eigenvalue weighted by atomic mass is 16.5. The quantitative estimate of drug-likeness (QED) is 0.886. The van der Waals surface area contributed by atoms with Crippen LogP contribution in [0.15, 0.2) is 12.1 Å². The van der Waals surface area contributed by atoms with Crippen LogP contribution < -0.4 is 10.1 Å². The molecule has 1 fully saturated rings. The molecule has 0 atom stereocenters. The van der Waals surface area contributed by atoms with Crippen LogP contribution in [0.4, 0.5) is 5.69 Å². The van der Waals surface area contributed by atoms with Crippen LogP contribution in [0.5, 0.6) is 5.75 Å². The van der Waals surface area contributed by atoms with E-state index in [0.29, 0.717) is 6.04 Å². The van der Waals surface area contributed by atoms with Crippen molar-refractivity contribution in [3.8, 4) is 5.75 Å². The number of benzene rings is 1. The molecule has 2 rings (SSSR count). The summed E-state index contributed by atoms with van der Waals surface area (Å²) in [7, 11) is 1.69. The molecular weight excluding hydrogens is 254 g/mol. The minimum absolute atomic E-state index is 0.165. The van der Waals surface area contributed by atoms with Crippen LogP contribution in [0.25, 0.3) is 0 Å². The third-order valence-corrected chi connectivity index (χ3v) is 4.24. The maximum absolute atomic E-state index is 11.0. The molecular formula is C16H23NO3. The third kappa shape index (κ3) is 3.06. The summed E-state index contributed by atoms with van der Waals surface area (Å²) < 4.78 is 5.44. The number of carbonyl (C=O) groups is 1. The van der Waals surface area contributed by atoms with E-state index in [1.807, 2.05) is 6.92 Å². The summed E-state index contributed by atoms with van der Waals surface area (Å²) in [6, 6.07) is 4.49. The zero-order valence-corrected chi connectivity index (χ0v) is 12.4. The standard InChI is InChI=1S/C16H23NO3/c1-10-4-9-14(11(2)15(10)20-3)17-13-7-5-12(6-8-13)16(18)19/h4,9,12-13,17H,5-8H2,1-3H3,(H,18,19). The maximum atomic E-state index is 11.0. The van der Waals surface area contributed by atoms with Crippen LogP contribution in [-0.2, 0) is 4.79 Å². The molecule has 110 valence electrons. The molecule has 1 saturated carbocycles. The normalized spacial score (nSPS) is 22.4. The van der Waals surface area contributed by atoms with Gasteiger partial charge in [0, 0.05) is 17.3 Å². The average molecular weight is 277 g/mol. The Hall–Kier alpha value is -1.71. The number of hydrogen-bond acceptors (Lipinski definition) is 3. The summed E-state index contributed by atoms with van der Waals surface area (Å²) in [5.74, 6) is 0.104. The average Bonchev–Trinajstić information content (AvgIpc) is 2.43. The van der Waals surface area contributed by atoms with E-state index in [2.05, 4.69) is 24.4 Å². The van der Waals surface area contributed by atoms with Gasteiger partial charge in [-0.3, -0.25) is 4.79 Å². The summed E-state index contributed by atoms with van der Waals surface area (Å²) in [6.45, 7) is 4.09. The first-order valence-electron chi connectivity index (χ1n) is 7.16. The minimum Gasteiger partial charge on any atom is -0.496 e. The highest BCUT2D eigenvalue weighted by Crippen LogP contribution is 2.32. The highest BCUT2D eigenvalue weighted by Gasteiger charge is 2.26. The van der Waals surface area contributed by atoms with Gasteiger partial charge >= 0.3 is 5.97 Å². The van der Waals surface area contributed by atoms with E-state index in [0.717, 1.165) is 48.2 Å². The number of nitrogens with one attached hydrogen (secondary N) is 1. The van der Waals surface area contributed by atoms with Gasteiger partial charge in [-0.1, -0.05) is 6.07 Å². The second-order valence-electron chi connectivity index (χ2n) is 5.62. The van der Waals surface area contributed by atoms with E-state index < -0.39 is 5.97 Å². The van der Waals surface area contributed by atoms with E-state index in [-0.39, 0.29) is 5.92 Å². The molecule has 0 heterocycles. The van der Waals surface area contributed by atoms with Gasteiger partial charge in [-0.15, -0.1) is 0 Å². The summed E-state index contributed by atoms with van der Waals surface area (Å²) in [5.41, 5.74) is 3.34. The molecule has 4 nitrogen and oxygen atoms in total. The molecule has 1 aliphatic rings. The van der Waals surface area contributed by atoms with Crippen molar-refractivity contribution in [2.24, 2.45) is 5.92 Å². The summed E-state index contributed by atoms with van der Waals surface area (Å²) in [4.78, 5) is 11.0. The van der Waals surface area contributed by atoms with Crippen molar-refractivity contribution in [3.63, 3.8) is 0 Å². The first-order chi connectivity index (χ1) is 9.52. The van der Waals surface area contributed by atoms with Crippen LogP contribution in [0.2, 0.25) is 0 Å². The number of anilines is 1. The van der Waals surface area contributed by atoms with E-state index in [1.165, 1.54) is 0 Å². The number of hydrogen-bond donors (Lipinski definition) is 2. The zero-order chi connectivity index (χ0) is 14.7. The molecule has 1 aromatic rings. The summed E-state index contributed by atoms with van der Waals surface area (Å²) in [6.07, 6.45) is 3.34. The Labute approximate surface area is 120 Å². The van der Waals surface area contributed by atoms with Crippen molar-refractivity contribution in [2.75, 3.05) is 12.4 Å². The molecule has 0 spiro atoms. The smallest absolute Gasteiger partial charge is 0.306 e. The van der Waals surface area contributed by atoms with E-state index in [1.54, 1.807) is 7.11 Å². The van der Waals surface area contributed by atoms with Crippen LogP contribution in [-0.4, -0.2) is 24.2 Å². The molecule has 0 amide bonds. The van der Waals surface area contributed by atoms with Gasteiger partial charge in [-0.2, -0.15) is 0 Å². The van der Waals surface area contributed by atoms with Crippen molar-refractivity contribution in [1.82, 2.24) is 0 Å². The molecule has 1 aromatic carbocycles. The van der Waals surface area contributed by atoms with E-state index in [4.69, 9.17) is 9.84 Å². The largest absolute Gasteiger partial charge is 0.496 e. The number of carboxylic acid groups (broad SMARTS) is 1. The van der Waals surface area contributed by atoms with Gasteiger partial charge in [0.15, 0.2) is 0 Å². The Kier molecular flexibility index (Phi) is 4.53. The molecule has 0 radical (unpaired) electrons. The Morgan fingerprint density at radius 2 is 1.90 bits per heavy atom. The van der Waals surface area contributed by atoms with Crippen molar-refractivity contribution in [2.45, 2.75) is 45.6 Å². The minimum atomic E-state index is -0.656. The molecule has 0 aliphatic heterocycles. The number of methoxy groups -OCH3 is 1. The van der Waals surface area contributed by atoms with Crippen molar-refractivity contribution in [3.05, 3.63) is 23.3 Å². The lowest BCUT2D eigenvalue weighted by Crippen LogP contribution is -2.29. The molecule has 0 saturated heterocycles. The number of aryl methyl sites for hydroxylation is 1. The fourth-order valence-corrected chi connectivity index (χ4v) is 3.00. The lowest BCUT2D eigenvalue weighted by Gasteiger charge is -2.28. The Bertz CT molecular complexity index is 491. The first-order valence-corrected chi connectivity index (χ1v) is 7.16. The Morgan fingerprint density at radius 1 is 1.25 bits per heavy atom. The van der Waals surface area contributed by atoms with Crippen LogP contribution >= 0.6 is 0 Å². The van der Waals surface area contributed by atoms with Gasteiger partial charge < -0.3 is 15.2 Å². The summed E-state index contributed by atoms with van der Waals surface area (Å²) >= 11 is 0. The molecule has 4 heteroatoms. The van der Waals surface area contributed by atoms with Gasteiger partial charge in [-0.25, -0.2) is 0 Å². The van der Waals surface area contributed by atoms with Crippen LogP contribution in [0.1, 0.15) is 36.8 Å². The zero-order valence-electron chi connectivity index (χ0n) is 12.4. The van der Waals surface area contributed by atoms with Gasteiger partial charge in [-0.05, 0) is 51.2 Å². The molecule has 2 N–H and O–H groups in total. The number of carboxylic acids is 1. The molecule has 20 heavy (non-hydrogen) atoms. The Balaban J connectivity index is 2.03. The fraction of sp³-hybridized carbons (Fsp3) is 0.562.